The molecule has 0 aliphatic heterocycles. The van der Waals surface area contributed by atoms with Crippen molar-refractivity contribution in [3.8, 4) is 22.8 Å². The maximum absolute atomic E-state index is 10.9. The molecule has 208 valence electrons. The fourth-order valence-electron chi connectivity index (χ4n) is 3.39. The standard InChI is InChI=1S/C15H11N3.C13H15NO6.H2O.Ru/c1-3-10-16-12(6-1)14-8-5-9-15(18-14)13-7-2-4-11-17-13;1-20-11(15)5-3-2-4-8-6-9(12(16)17)14-10(7-8)13(18)19;;/h1-11H;6-7H,2-5H2,1H3,(H,16,17)(H,18,19);1H2;/q;;;+2/p-2. The van der Waals surface area contributed by atoms with E-state index in [9.17, 15) is 24.6 Å². The van der Waals surface area contributed by atoms with E-state index in [2.05, 4.69) is 24.7 Å². The molecule has 0 aromatic carbocycles. The number of methoxy groups -OCH3 is 1. The van der Waals surface area contributed by atoms with Gasteiger partial charge < -0.3 is 30.0 Å². The number of carbonyl (C=O) groups excluding carboxylic acids is 3. The molecule has 2 N–H and O–H groups in total. The molecule has 0 radical (unpaired) electrons. The summed E-state index contributed by atoms with van der Waals surface area (Å²) in [5, 5.41) is 21.5. The van der Waals surface area contributed by atoms with Gasteiger partial charge in [-0.3, -0.25) is 14.8 Å². The summed E-state index contributed by atoms with van der Waals surface area (Å²) in [4.78, 5) is 49.0. The van der Waals surface area contributed by atoms with Crippen molar-refractivity contribution in [1.82, 2.24) is 19.9 Å². The molecule has 0 unspecified atom stereocenters. The van der Waals surface area contributed by atoms with Crippen LogP contribution in [0.15, 0.2) is 79.1 Å². The van der Waals surface area contributed by atoms with Gasteiger partial charge in [-0.25, -0.2) is 9.97 Å². The minimum absolute atomic E-state index is 0. The van der Waals surface area contributed by atoms with Gasteiger partial charge in [0.2, 0.25) is 0 Å². The number of unbranched alkanes of at least 4 members (excludes halogenated alkanes) is 1. The van der Waals surface area contributed by atoms with Gasteiger partial charge in [0.15, 0.2) is 0 Å². The van der Waals surface area contributed by atoms with E-state index in [1.807, 2.05) is 54.6 Å². The van der Waals surface area contributed by atoms with Gasteiger partial charge in [-0.15, -0.1) is 0 Å². The van der Waals surface area contributed by atoms with Gasteiger partial charge >= 0.3 is 25.4 Å². The smallest absolute Gasteiger partial charge is 0.543 e. The number of carboxylic acids is 2. The van der Waals surface area contributed by atoms with Crippen molar-refractivity contribution >= 4 is 17.9 Å². The topological polar surface area (TPSA) is 190 Å². The van der Waals surface area contributed by atoms with E-state index in [-0.39, 0.29) is 37.3 Å². The van der Waals surface area contributed by atoms with Gasteiger partial charge in [0.1, 0.15) is 0 Å². The first-order valence-electron chi connectivity index (χ1n) is 11.7. The molecule has 4 aromatic rings. The molecule has 0 spiro atoms. The third-order valence-corrected chi connectivity index (χ3v) is 5.23. The first-order valence-corrected chi connectivity index (χ1v) is 11.7. The number of carbonyl (C=O) groups is 3. The molecule has 4 heterocycles. The molecule has 11 nitrogen and oxygen atoms in total. The van der Waals surface area contributed by atoms with Crippen molar-refractivity contribution in [3.63, 3.8) is 0 Å². The van der Waals surface area contributed by atoms with Crippen molar-refractivity contribution in [2.75, 3.05) is 7.11 Å². The molecule has 0 bridgehead atoms. The molecular weight excluding hydrogens is 605 g/mol. The first-order chi connectivity index (χ1) is 18.4. The molecule has 0 fully saturated rings. The number of carboxylic acid groups (broad SMARTS) is 2. The van der Waals surface area contributed by atoms with E-state index in [1.165, 1.54) is 19.2 Å². The average Bonchev–Trinajstić information content (AvgIpc) is 2.96. The summed E-state index contributed by atoms with van der Waals surface area (Å²) in [6, 6.07) is 20.0. The fourth-order valence-corrected chi connectivity index (χ4v) is 3.39. The van der Waals surface area contributed by atoms with E-state index >= 15 is 0 Å². The molecule has 0 saturated heterocycles. The zero-order chi connectivity index (χ0) is 27.3. The van der Waals surface area contributed by atoms with Gasteiger partial charge in [-0.1, -0.05) is 18.2 Å². The summed E-state index contributed by atoms with van der Waals surface area (Å²) in [7, 11) is 1.30. The largest absolute Gasteiger partial charge is 2.00 e. The summed E-state index contributed by atoms with van der Waals surface area (Å²) >= 11 is 0. The Balaban J connectivity index is 0.000000382. The molecule has 40 heavy (non-hydrogen) atoms. The van der Waals surface area contributed by atoms with Crippen molar-refractivity contribution in [3.05, 3.63) is 96.1 Å². The SMILES string of the molecule is COC(=O)CCCCc1cc(C(=O)[O-])nc(C(=O)[O-])c1.O.[Ru+2].c1ccc(-c2cccc(-c3ccccn3)n2)nc1. The second kappa shape index (κ2) is 17.2. The van der Waals surface area contributed by atoms with Crippen LogP contribution in [0.25, 0.3) is 22.8 Å². The molecule has 0 aliphatic carbocycles. The first kappa shape index (κ1) is 33.6. The Labute approximate surface area is 243 Å². The Hall–Kier alpha value is -4.41. The number of hydrogen-bond donors (Lipinski definition) is 0. The number of esters is 1. The average molecular weight is 632 g/mol. The molecule has 0 aliphatic rings. The zero-order valence-electron chi connectivity index (χ0n) is 21.4. The molecule has 12 heteroatoms. The molecule has 4 rings (SSSR count). The number of pyridine rings is 4. The number of nitrogens with zero attached hydrogens (tertiary/aromatic N) is 4. The predicted molar refractivity (Wildman–Crippen MR) is 137 cm³/mol. The molecule has 0 amide bonds. The summed E-state index contributed by atoms with van der Waals surface area (Å²) in [6.07, 6.45) is 5.34. The third-order valence-electron chi connectivity index (χ3n) is 5.23. The molecule has 4 aromatic heterocycles. The van der Waals surface area contributed by atoms with Crippen LogP contribution in [0.1, 0.15) is 45.8 Å². The third kappa shape index (κ3) is 10.4. The van der Waals surface area contributed by atoms with Gasteiger partial charge in [0, 0.05) is 18.8 Å². The van der Waals surface area contributed by atoms with E-state index in [0.29, 0.717) is 24.8 Å². The Morgan fingerprint density at radius 3 is 1.65 bits per heavy atom. The number of ether oxygens (including phenoxy) is 1. The van der Waals surface area contributed by atoms with Crippen molar-refractivity contribution < 1.29 is 54.3 Å². The fraction of sp³-hybridized carbons (Fsp3) is 0.179. The van der Waals surface area contributed by atoms with Gasteiger partial charge in [0.05, 0.1) is 53.2 Å². The monoisotopic (exact) mass is 632 g/mol. The Morgan fingerprint density at radius 2 is 1.23 bits per heavy atom. The maximum atomic E-state index is 10.9. The number of aryl methyl sites for hydroxylation is 1. The number of hydrogen-bond acceptors (Lipinski definition) is 10. The van der Waals surface area contributed by atoms with Gasteiger partial charge in [-0.05, 0) is 73.4 Å². The van der Waals surface area contributed by atoms with Crippen LogP contribution in [-0.2, 0) is 35.4 Å². The van der Waals surface area contributed by atoms with Crippen LogP contribution in [0, 0.1) is 0 Å². The van der Waals surface area contributed by atoms with Gasteiger partial charge in [0.25, 0.3) is 0 Å². The maximum Gasteiger partial charge on any atom is 2.00 e. The Bertz CT molecular complexity index is 1300. The van der Waals surface area contributed by atoms with Crippen LogP contribution < -0.4 is 10.2 Å². The summed E-state index contributed by atoms with van der Waals surface area (Å²) in [5.74, 6) is -3.43. The van der Waals surface area contributed by atoms with Crippen LogP contribution in [0.4, 0.5) is 0 Å². The second-order valence-electron chi connectivity index (χ2n) is 7.94. The normalized spacial score (nSPS) is 9.62. The van der Waals surface area contributed by atoms with E-state index < -0.39 is 23.3 Å². The minimum atomic E-state index is -1.55. The van der Waals surface area contributed by atoms with E-state index in [1.54, 1.807) is 12.4 Å². The van der Waals surface area contributed by atoms with Crippen molar-refractivity contribution in [2.45, 2.75) is 25.7 Å². The summed E-state index contributed by atoms with van der Waals surface area (Å²) in [6.45, 7) is 0. The number of aromatic carboxylic acids is 2. The zero-order valence-corrected chi connectivity index (χ0v) is 23.2. The molecule has 0 atom stereocenters. The summed E-state index contributed by atoms with van der Waals surface area (Å²) in [5.41, 5.74) is 3.05. The molecule has 0 saturated carbocycles. The van der Waals surface area contributed by atoms with E-state index in [0.717, 1.165) is 22.8 Å². The number of rotatable bonds is 9. The second-order valence-corrected chi connectivity index (χ2v) is 7.94. The van der Waals surface area contributed by atoms with Crippen LogP contribution in [0.3, 0.4) is 0 Å². The quantitative estimate of drug-likeness (QED) is 0.147. The van der Waals surface area contributed by atoms with Crippen molar-refractivity contribution in [2.24, 2.45) is 0 Å². The van der Waals surface area contributed by atoms with Crippen LogP contribution in [-0.4, -0.2) is 50.4 Å². The molecular formula is C28H26N4O7Ru. The van der Waals surface area contributed by atoms with Crippen LogP contribution >= 0.6 is 0 Å². The van der Waals surface area contributed by atoms with Crippen LogP contribution in [0.2, 0.25) is 0 Å². The van der Waals surface area contributed by atoms with Crippen molar-refractivity contribution in [1.29, 1.82) is 0 Å². The summed E-state index contributed by atoms with van der Waals surface area (Å²) < 4.78 is 4.48. The Kier molecular flexibility index (Phi) is 14.5. The Morgan fingerprint density at radius 1 is 0.725 bits per heavy atom. The van der Waals surface area contributed by atoms with Crippen LogP contribution in [0.5, 0.6) is 0 Å². The van der Waals surface area contributed by atoms with E-state index in [4.69, 9.17) is 0 Å². The number of aromatic nitrogens is 4. The predicted octanol–water partition coefficient (Wildman–Crippen LogP) is 1.07. The van der Waals surface area contributed by atoms with Gasteiger partial charge in [-0.2, -0.15) is 0 Å². The minimum Gasteiger partial charge on any atom is -0.543 e.